The summed E-state index contributed by atoms with van der Waals surface area (Å²) < 4.78 is 44.0. The van der Waals surface area contributed by atoms with Gasteiger partial charge in [-0.1, -0.05) is 0 Å². The molecule has 0 saturated heterocycles. The fourth-order valence-corrected chi connectivity index (χ4v) is 5.80. The minimum atomic E-state index is -3.60. The summed E-state index contributed by atoms with van der Waals surface area (Å²) in [6.45, 7) is 0.770. The zero-order valence-electron chi connectivity index (χ0n) is 17.1. The highest BCUT2D eigenvalue weighted by atomic mass is 32.2. The number of benzene rings is 1. The van der Waals surface area contributed by atoms with Crippen molar-refractivity contribution in [1.82, 2.24) is 9.78 Å². The molecule has 166 valence electrons. The van der Waals surface area contributed by atoms with E-state index in [0.29, 0.717) is 55.6 Å². The molecule has 2 atom stereocenters. The van der Waals surface area contributed by atoms with Gasteiger partial charge in [0.05, 0.1) is 19.3 Å². The van der Waals surface area contributed by atoms with E-state index in [9.17, 15) is 13.4 Å². The second kappa shape index (κ2) is 7.57. The van der Waals surface area contributed by atoms with Gasteiger partial charge in [0.2, 0.25) is 5.88 Å². The standard InChI is InChI=1S/C20H24FN5O4S/c1-29-10-11-9-26-19(30-11)16(8-23-26)31(22,28)25-20(27)24-18-14-6-2-4-12(14)17(21)13-5-3-7-15(13)18/h8,11H,2-7,9-10H2,1H3,(H3,22,24,25,27,28)/t11-,31?/m1/s1. The van der Waals surface area contributed by atoms with E-state index in [4.69, 9.17) is 14.6 Å². The Morgan fingerprint density at radius 1 is 1.32 bits per heavy atom. The first-order chi connectivity index (χ1) is 14.9. The first-order valence-corrected chi connectivity index (χ1v) is 11.9. The molecule has 2 heterocycles. The van der Waals surface area contributed by atoms with Gasteiger partial charge in [-0.3, -0.25) is 0 Å². The minimum Gasteiger partial charge on any atom is -0.469 e. The number of urea groups is 1. The van der Waals surface area contributed by atoms with E-state index in [2.05, 4.69) is 14.8 Å². The Bertz CT molecular complexity index is 1170. The lowest BCUT2D eigenvalue weighted by Gasteiger charge is -2.16. The molecular weight excluding hydrogens is 425 g/mol. The number of nitrogens with zero attached hydrogens (tertiary/aromatic N) is 3. The molecule has 0 bridgehead atoms. The second-order valence-electron chi connectivity index (χ2n) is 8.09. The fourth-order valence-electron chi connectivity index (χ4n) is 4.81. The molecule has 1 aromatic carbocycles. The number of hydrogen-bond donors (Lipinski definition) is 2. The van der Waals surface area contributed by atoms with Crippen LogP contribution in [0.1, 0.15) is 35.1 Å². The van der Waals surface area contributed by atoms with Crippen LogP contribution in [0.5, 0.6) is 5.88 Å². The Labute approximate surface area is 179 Å². The number of ether oxygens (including phenoxy) is 2. The molecule has 1 aliphatic heterocycles. The molecule has 0 fully saturated rings. The van der Waals surface area contributed by atoms with Crippen molar-refractivity contribution in [1.29, 1.82) is 0 Å². The van der Waals surface area contributed by atoms with Crippen molar-refractivity contribution >= 4 is 21.6 Å². The Hall–Kier alpha value is -2.50. The number of aromatic nitrogens is 2. The van der Waals surface area contributed by atoms with E-state index in [-0.39, 0.29) is 22.7 Å². The van der Waals surface area contributed by atoms with Gasteiger partial charge >= 0.3 is 6.03 Å². The molecule has 11 heteroatoms. The third-order valence-corrected chi connectivity index (χ3v) is 7.45. The van der Waals surface area contributed by atoms with Crippen LogP contribution in [0.3, 0.4) is 0 Å². The first kappa shape index (κ1) is 20.4. The summed E-state index contributed by atoms with van der Waals surface area (Å²) in [6, 6.07) is -0.825. The fraction of sp³-hybridized carbons (Fsp3) is 0.500. The number of rotatable bonds is 4. The van der Waals surface area contributed by atoms with Gasteiger partial charge in [0.25, 0.3) is 0 Å². The molecule has 9 nitrogen and oxygen atoms in total. The summed E-state index contributed by atoms with van der Waals surface area (Å²) in [6.07, 6.45) is 5.41. The summed E-state index contributed by atoms with van der Waals surface area (Å²) in [5.74, 6) is 0.102. The predicted octanol–water partition coefficient (Wildman–Crippen LogP) is 2.34. The van der Waals surface area contributed by atoms with Gasteiger partial charge in [0, 0.05) is 12.8 Å². The first-order valence-electron chi connectivity index (χ1n) is 10.3. The number of halogens is 1. The Morgan fingerprint density at radius 3 is 2.61 bits per heavy atom. The van der Waals surface area contributed by atoms with E-state index in [1.54, 1.807) is 7.11 Å². The molecule has 31 heavy (non-hydrogen) atoms. The normalized spacial score (nSPS) is 20.5. The average Bonchev–Trinajstić information content (AvgIpc) is 3.47. The summed E-state index contributed by atoms with van der Waals surface area (Å²) >= 11 is 0. The van der Waals surface area contributed by atoms with Crippen LogP contribution in [0.25, 0.3) is 0 Å². The monoisotopic (exact) mass is 449 g/mol. The van der Waals surface area contributed by atoms with Crippen molar-refractivity contribution in [2.75, 3.05) is 19.0 Å². The molecule has 3 N–H and O–H groups in total. The van der Waals surface area contributed by atoms with Gasteiger partial charge in [-0.05, 0) is 60.8 Å². The number of carbonyl (C=O) groups excluding carboxylic acids is 1. The third-order valence-electron chi connectivity index (χ3n) is 6.10. The number of anilines is 1. The molecule has 3 aliphatic rings. The zero-order chi connectivity index (χ0) is 21.8. The Kier molecular flexibility index (Phi) is 4.98. The van der Waals surface area contributed by atoms with Crippen molar-refractivity contribution in [2.24, 2.45) is 9.50 Å². The molecule has 2 aromatic rings. The van der Waals surface area contributed by atoms with Crippen molar-refractivity contribution in [3.05, 3.63) is 34.3 Å². The Balaban J connectivity index is 1.45. The zero-order valence-corrected chi connectivity index (χ0v) is 18.0. The molecule has 1 aromatic heterocycles. The number of amides is 2. The summed E-state index contributed by atoms with van der Waals surface area (Å²) in [5.41, 5.74) is 3.61. The number of hydrogen-bond acceptors (Lipinski definition) is 5. The van der Waals surface area contributed by atoms with Gasteiger partial charge < -0.3 is 14.8 Å². The van der Waals surface area contributed by atoms with Crippen LogP contribution in [-0.2, 0) is 46.9 Å². The van der Waals surface area contributed by atoms with E-state index >= 15 is 0 Å². The van der Waals surface area contributed by atoms with Gasteiger partial charge in [-0.15, -0.1) is 4.36 Å². The average molecular weight is 450 g/mol. The molecule has 5 rings (SSSR count). The van der Waals surface area contributed by atoms with Gasteiger partial charge in [0.1, 0.15) is 16.8 Å². The van der Waals surface area contributed by atoms with Crippen LogP contribution in [0, 0.1) is 5.82 Å². The van der Waals surface area contributed by atoms with Crippen LogP contribution in [0.2, 0.25) is 0 Å². The highest BCUT2D eigenvalue weighted by molar-refractivity contribution is 7.91. The van der Waals surface area contributed by atoms with Crippen LogP contribution in [0.15, 0.2) is 15.5 Å². The quantitative estimate of drug-likeness (QED) is 0.742. The highest BCUT2D eigenvalue weighted by Gasteiger charge is 2.32. The minimum absolute atomic E-state index is 0.0656. The maximum absolute atomic E-state index is 14.8. The number of fused-ring (bicyclic) bond motifs is 3. The summed E-state index contributed by atoms with van der Waals surface area (Å²) in [4.78, 5) is 12.8. The highest BCUT2D eigenvalue weighted by Crippen LogP contribution is 2.41. The van der Waals surface area contributed by atoms with Crippen LogP contribution < -0.4 is 15.2 Å². The van der Waals surface area contributed by atoms with Gasteiger partial charge in [-0.2, -0.15) is 5.10 Å². The largest absolute Gasteiger partial charge is 0.469 e. The van der Waals surface area contributed by atoms with Crippen LogP contribution in [0.4, 0.5) is 14.9 Å². The van der Waals surface area contributed by atoms with Crippen molar-refractivity contribution in [3.63, 3.8) is 0 Å². The summed E-state index contributed by atoms with van der Waals surface area (Å²) in [5, 5.41) is 12.9. The number of carbonyl (C=O) groups is 1. The van der Waals surface area contributed by atoms with Gasteiger partial charge in [0.15, 0.2) is 9.92 Å². The van der Waals surface area contributed by atoms with E-state index in [0.717, 1.165) is 24.0 Å². The number of methoxy groups -OCH3 is 1. The van der Waals surface area contributed by atoms with Gasteiger partial charge in [-0.25, -0.2) is 23.2 Å². The predicted molar refractivity (Wildman–Crippen MR) is 111 cm³/mol. The lowest BCUT2D eigenvalue weighted by atomic mass is 9.98. The van der Waals surface area contributed by atoms with Crippen molar-refractivity contribution < 1.29 is 22.9 Å². The van der Waals surface area contributed by atoms with Crippen molar-refractivity contribution in [2.45, 2.75) is 56.1 Å². The van der Waals surface area contributed by atoms with Crippen LogP contribution in [-0.4, -0.2) is 39.8 Å². The number of nitrogens with one attached hydrogen (secondary N) is 1. The lowest BCUT2D eigenvalue weighted by Crippen LogP contribution is -2.22. The molecule has 0 radical (unpaired) electrons. The Morgan fingerprint density at radius 2 is 1.97 bits per heavy atom. The topological polar surface area (TPSA) is 121 Å². The van der Waals surface area contributed by atoms with E-state index in [1.165, 1.54) is 10.9 Å². The number of nitrogens with two attached hydrogens (primary N) is 1. The maximum atomic E-state index is 14.8. The smallest absolute Gasteiger partial charge is 0.354 e. The second-order valence-corrected chi connectivity index (χ2v) is 9.85. The summed E-state index contributed by atoms with van der Waals surface area (Å²) in [7, 11) is -2.04. The molecule has 2 amide bonds. The molecule has 0 spiro atoms. The van der Waals surface area contributed by atoms with E-state index in [1.807, 2.05) is 0 Å². The SMILES string of the molecule is COC[C@H]1Cn2ncc(S(N)(=O)=NC(=O)Nc3c4c(c(F)c5c3CCC5)CCC4)c2O1. The van der Waals surface area contributed by atoms with Crippen LogP contribution >= 0.6 is 0 Å². The molecule has 1 unspecified atom stereocenters. The molecule has 2 aliphatic carbocycles. The van der Waals surface area contributed by atoms with E-state index < -0.39 is 15.9 Å². The maximum Gasteiger partial charge on any atom is 0.354 e. The van der Waals surface area contributed by atoms with Crippen molar-refractivity contribution in [3.8, 4) is 5.88 Å². The molecular formula is C20H24FN5O4S. The third kappa shape index (κ3) is 3.40. The lowest BCUT2D eigenvalue weighted by molar-refractivity contribution is 0.0920. The molecule has 0 saturated carbocycles.